The van der Waals surface area contributed by atoms with Gasteiger partial charge >= 0.3 is 12.1 Å². The Morgan fingerprint density at radius 2 is 2.00 bits per heavy atom. The van der Waals surface area contributed by atoms with Crippen molar-refractivity contribution in [1.29, 1.82) is 0 Å². The van der Waals surface area contributed by atoms with Crippen LogP contribution in [0.3, 0.4) is 0 Å². The molecule has 16 heavy (non-hydrogen) atoms. The van der Waals surface area contributed by atoms with Crippen molar-refractivity contribution < 1.29 is 19.2 Å². The summed E-state index contributed by atoms with van der Waals surface area (Å²) in [6.07, 6.45) is 2.41. The number of hydrogen-bond acceptors (Lipinski definition) is 4. The van der Waals surface area contributed by atoms with Gasteiger partial charge in [-0.3, -0.25) is 0 Å². The minimum Gasteiger partial charge on any atom is -0.447 e. The second-order valence-corrected chi connectivity index (χ2v) is 3.03. The van der Waals surface area contributed by atoms with Crippen LogP contribution in [0.5, 0.6) is 0 Å². The molecule has 90 valence electrons. The monoisotopic (exact) mass is 227 g/mol. The fourth-order valence-electron chi connectivity index (χ4n) is 0.712. The normalized spacial score (nSPS) is 8.62. The Bertz CT molecular complexity index is 277. The highest BCUT2D eigenvalue weighted by Crippen LogP contribution is 1.88. The lowest BCUT2D eigenvalue weighted by molar-refractivity contribution is -0.142. The fraction of sp³-hybridized carbons (Fsp3) is 0.636. The zero-order valence-corrected chi connectivity index (χ0v) is 9.67. The molecule has 0 heterocycles. The van der Waals surface area contributed by atoms with Gasteiger partial charge in [0.05, 0.1) is 6.61 Å². The predicted octanol–water partition coefficient (Wildman–Crippen LogP) is 1.77. The van der Waals surface area contributed by atoms with Gasteiger partial charge in [0.1, 0.15) is 0 Å². The molecule has 0 aliphatic rings. The molecular formula is C11H17NO4. The molecular weight excluding hydrogens is 210 g/mol. The largest absolute Gasteiger partial charge is 0.447 e. The molecule has 5 heteroatoms. The average Bonchev–Trinajstić information content (AvgIpc) is 2.27. The minimum absolute atomic E-state index is 0.307. The summed E-state index contributed by atoms with van der Waals surface area (Å²) in [4.78, 5) is 26.1. The fourth-order valence-corrected chi connectivity index (χ4v) is 0.712. The maximum absolute atomic E-state index is 10.9. The summed E-state index contributed by atoms with van der Waals surface area (Å²) >= 11 is 0. The van der Waals surface area contributed by atoms with Gasteiger partial charge in [0.25, 0.3) is 0 Å². The summed E-state index contributed by atoms with van der Waals surface area (Å²) in [7, 11) is 0. The number of hydrogen-bond donors (Lipinski definition) is 1. The van der Waals surface area contributed by atoms with Gasteiger partial charge in [-0.1, -0.05) is 26.2 Å². The van der Waals surface area contributed by atoms with Crippen molar-refractivity contribution in [3.63, 3.8) is 0 Å². The van der Waals surface area contributed by atoms with Crippen LogP contribution in [0.25, 0.3) is 0 Å². The molecule has 0 aliphatic carbocycles. The average molecular weight is 227 g/mol. The van der Waals surface area contributed by atoms with E-state index in [2.05, 4.69) is 21.4 Å². The molecule has 0 unspecified atom stereocenters. The van der Waals surface area contributed by atoms with Gasteiger partial charge < -0.3 is 9.57 Å². The Balaban J connectivity index is 3.60. The molecule has 0 saturated heterocycles. The molecule has 5 nitrogen and oxygen atoms in total. The number of nitrogens with one attached hydrogen (secondary N) is 1. The molecule has 0 aromatic rings. The van der Waals surface area contributed by atoms with Gasteiger partial charge in [-0.05, 0) is 12.8 Å². The molecule has 0 radical (unpaired) electrons. The lowest BCUT2D eigenvalue weighted by atomic mass is 10.3. The molecule has 1 amide bonds. The Labute approximate surface area is 95.4 Å². The maximum atomic E-state index is 10.9. The van der Waals surface area contributed by atoms with Crippen molar-refractivity contribution in [3.8, 4) is 11.8 Å². The summed E-state index contributed by atoms with van der Waals surface area (Å²) < 4.78 is 4.68. The summed E-state index contributed by atoms with van der Waals surface area (Å²) in [5.41, 5.74) is 1.86. The van der Waals surface area contributed by atoms with Crippen LogP contribution < -0.4 is 5.48 Å². The third-order valence-corrected chi connectivity index (χ3v) is 1.52. The Hall–Kier alpha value is -1.70. The smallest absolute Gasteiger partial charge is 0.440 e. The first-order valence-corrected chi connectivity index (χ1v) is 5.33. The summed E-state index contributed by atoms with van der Waals surface area (Å²) in [6.45, 7) is 4.23. The molecule has 0 aliphatic heterocycles. The molecule has 1 N–H and O–H groups in total. The van der Waals surface area contributed by atoms with Crippen LogP contribution in [-0.2, 0) is 14.4 Å². The van der Waals surface area contributed by atoms with Crippen LogP contribution in [0.2, 0.25) is 0 Å². The lowest BCUT2D eigenvalue weighted by Crippen LogP contribution is -2.27. The van der Waals surface area contributed by atoms with E-state index in [9.17, 15) is 9.59 Å². The van der Waals surface area contributed by atoms with E-state index in [1.165, 1.54) is 0 Å². The first-order valence-electron chi connectivity index (χ1n) is 5.33. The quantitative estimate of drug-likeness (QED) is 0.451. The summed E-state index contributed by atoms with van der Waals surface area (Å²) in [5.74, 6) is 4.03. The molecule has 0 atom stereocenters. The highest BCUT2D eigenvalue weighted by molar-refractivity contribution is 5.89. The number of amides is 1. The van der Waals surface area contributed by atoms with Crippen molar-refractivity contribution in [2.24, 2.45) is 0 Å². The van der Waals surface area contributed by atoms with Gasteiger partial charge in [-0.2, -0.15) is 0 Å². The molecule has 0 aromatic carbocycles. The Morgan fingerprint density at radius 3 is 2.62 bits per heavy atom. The van der Waals surface area contributed by atoms with Crippen LogP contribution >= 0.6 is 0 Å². The zero-order chi connectivity index (χ0) is 12.2. The van der Waals surface area contributed by atoms with E-state index < -0.39 is 12.1 Å². The van der Waals surface area contributed by atoms with E-state index >= 15 is 0 Å². The lowest BCUT2D eigenvalue weighted by Gasteiger charge is -2.03. The molecule has 0 bridgehead atoms. The van der Waals surface area contributed by atoms with Crippen LogP contribution in [0.1, 0.15) is 39.5 Å². The molecule has 0 saturated carbocycles. The number of unbranched alkanes of at least 4 members (excludes halogenated alkanes) is 2. The van der Waals surface area contributed by atoms with Crippen LogP contribution in [-0.4, -0.2) is 18.7 Å². The second-order valence-electron chi connectivity index (χ2n) is 3.03. The topological polar surface area (TPSA) is 64.6 Å². The van der Waals surface area contributed by atoms with Gasteiger partial charge in [0.2, 0.25) is 0 Å². The van der Waals surface area contributed by atoms with E-state index in [0.717, 1.165) is 19.3 Å². The van der Waals surface area contributed by atoms with Crippen molar-refractivity contribution in [1.82, 2.24) is 5.48 Å². The van der Waals surface area contributed by atoms with E-state index in [1.807, 2.05) is 19.3 Å². The van der Waals surface area contributed by atoms with Crippen molar-refractivity contribution in [2.45, 2.75) is 39.5 Å². The Kier molecular flexibility index (Phi) is 8.79. The van der Waals surface area contributed by atoms with E-state index in [1.54, 1.807) is 0 Å². The van der Waals surface area contributed by atoms with Gasteiger partial charge in [0.15, 0.2) is 0 Å². The maximum Gasteiger partial charge on any atom is 0.440 e. The SMILES string of the molecule is CCCC#CC(=O)ONC(=O)OCCCC. The standard InChI is InChI=1S/C11H17NO4/c1-3-5-7-8-10(13)16-12-11(14)15-9-6-4-2/h3-6,9H2,1-2H3,(H,12,14). The molecule has 0 rings (SSSR count). The summed E-state index contributed by atoms with van der Waals surface area (Å²) in [5, 5.41) is 0. The van der Waals surface area contributed by atoms with Crippen LogP contribution in [0, 0.1) is 11.8 Å². The third-order valence-electron chi connectivity index (χ3n) is 1.52. The molecule has 0 aromatic heterocycles. The first kappa shape index (κ1) is 14.3. The Morgan fingerprint density at radius 1 is 1.25 bits per heavy atom. The van der Waals surface area contributed by atoms with E-state index in [-0.39, 0.29) is 0 Å². The van der Waals surface area contributed by atoms with Crippen molar-refractivity contribution in [2.75, 3.05) is 6.61 Å². The van der Waals surface area contributed by atoms with Gasteiger partial charge in [0, 0.05) is 12.3 Å². The molecule has 0 fully saturated rings. The number of carbonyl (C=O) groups excluding carboxylic acids is 2. The van der Waals surface area contributed by atoms with E-state index in [0.29, 0.717) is 13.0 Å². The predicted molar refractivity (Wildman–Crippen MR) is 58.2 cm³/mol. The van der Waals surface area contributed by atoms with Crippen LogP contribution in [0.4, 0.5) is 4.79 Å². The highest BCUT2D eigenvalue weighted by Gasteiger charge is 2.04. The zero-order valence-electron chi connectivity index (χ0n) is 9.67. The summed E-state index contributed by atoms with van der Waals surface area (Å²) in [6, 6.07) is 0. The van der Waals surface area contributed by atoms with Gasteiger partial charge in [-0.25, -0.2) is 9.59 Å². The highest BCUT2D eigenvalue weighted by atomic mass is 16.7. The minimum atomic E-state index is -0.791. The van der Waals surface area contributed by atoms with Gasteiger partial charge in [-0.15, -0.1) is 5.48 Å². The number of carbonyl (C=O) groups is 2. The van der Waals surface area contributed by atoms with E-state index in [4.69, 9.17) is 0 Å². The van der Waals surface area contributed by atoms with Crippen molar-refractivity contribution >= 4 is 12.1 Å². The third kappa shape index (κ3) is 8.88. The second kappa shape index (κ2) is 9.84. The number of ether oxygens (including phenoxy) is 1. The van der Waals surface area contributed by atoms with Crippen LogP contribution in [0.15, 0.2) is 0 Å². The van der Waals surface area contributed by atoms with Crippen molar-refractivity contribution in [3.05, 3.63) is 0 Å². The first-order chi connectivity index (χ1) is 7.70. The number of hydroxylamine groups is 1. The molecule has 0 spiro atoms. The number of rotatable bonds is 4.